The van der Waals surface area contributed by atoms with E-state index in [9.17, 15) is 0 Å². The van der Waals surface area contributed by atoms with Crippen molar-refractivity contribution in [2.24, 2.45) is 5.73 Å². The van der Waals surface area contributed by atoms with Crippen LogP contribution >= 0.6 is 0 Å². The normalized spacial score (nSPS) is 10.8. The Balaban J connectivity index is 2.18. The van der Waals surface area contributed by atoms with Gasteiger partial charge in [0.25, 0.3) is 0 Å². The van der Waals surface area contributed by atoms with Gasteiger partial charge in [0.1, 0.15) is 0 Å². The molecule has 0 atom stereocenters. The Bertz CT molecular complexity index is 510. The number of hydrogen-bond donors (Lipinski definition) is 1. The van der Waals surface area contributed by atoms with Gasteiger partial charge in [-0.05, 0) is 37.4 Å². The summed E-state index contributed by atoms with van der Waals surface area (Å²) in [5.74, 6) is 0. The number of nitrogens with zero attached hydrogens (tertiary/aromatic N) is 3. The predicted molar refractivity (Wildman–Crippen MR) is 74.3 cm³/mol. The van der Waals surface area contributed by atoms with Crippen molar-refractivity contribution in [1.29, 1.82) is 0 Å². The van der Waals surface area contributed by atoms with Crippen LogP contribution in [0.15, 0.2) is 30.5 Å². The van der Waals surface area contributed by atoms with Gasteiger partial charge >= 0.3 is 0 Å². The number of nitrogens with two attached hydrogens (primary N) is 1. The van der Waals surface area contributed by atoms with Crippen molar-refractivity contribution in [2.75, 3.05) is 20.3 Å². The van der Waals surface area contributed by atoms with Gasteiger partial charge in [-0.25, -0.2) is 4.68 Å². The summed E-state index contributed by atoms with van der Waals surface area (Å²) >= 11 is 0. The molecule has 2 rings (SSSR count). The molecule has 0 saturated heterocycles. The first-order chi connectivity index (χ1) is 9.35. The Hall–Kier alpha value is -1.72. The molecule has 0 spiro atoms. The highest BCUT2D eigenvalue weighted by Crippen LogP contribution is 2.14. The lowest BCUT2D eigenvalue weighted by atomic mass is 10.1. The summed E-state index contributed by atoms with van der Waals surface area (Å²) in [6.45, 7) is 1.38. The molecule has 2 aromatic rings. The number of aromatic nitrogens is 3. The van der Waals surface area contributed by atoms with Crippen molar-refractivity contribution < 1.29 is 4.74 Å². The molecule has 5 heteroatoms. The molecule has 0 aliphatic carbocycles. The van der Waals surface area contributed by atoms with Crippen LogP contribution < -0.4 is 5.73 Å². The van der Waals surface area contributed by atoms with Crippen LogP contribution in [0.4, 0.5) is 0 Å². The maximum Gasteiger partial charge on any atom is 0.0832 e. The molecule has 1 heterocycles. The first kappa shape index (κ1) is 13.7. The smallest absolute Gasteiger partial charge is 0.0832 e. The van der Waals surface area contributed by atoms with Gasteiger partial charge < -0.3 is 10.5 Å². The number of benzene rings is 1. The zero-order valence-electron chi connectivity index (χ0n) is 11.2. The fourth-order valence-corrected chi connectivity index (χ4v) is 1.97. The van der Waals surface area contributed by atoms with Crippen molar-refractivity contribution in [2.45, 2.75) is 19.3 Å². The topological polar surface area (TPSA) is 66.0 Å². The fraction of sp³-hybridized carbons (Fsp3) is 0.429. The highest BCUT2D eigenvalue weighted by atomic mass is 16.5. The summed E-state index contributed by atoms with van der Waals surface area (Å²) in [5, 5.41) is 8.37. The SMILES string of the molecule is COCCc1ccccc1-n1cc(CCCN)nn1. The summed E-state index contributed by atoms with van der Waals surface area (Å²) in [5.41, 5.74) is 8.75. The Kier molecular flexibility index (Phi) is 5.06. The Morgan fingerprint density at radius 1 is 1.26 bits per heavy atom. The van der Waals surface area contributed by atoms with Gasteiger partial charge in [0.15, 0.2) is 0 Å². The van der Waals surface area contributed by atoms with Crippen molar-refractivity contribution in [1.82, 2.24) is 15.0 Å². The van der Waals surface area contributed by atoms with Gasteiger partial charge in [-0.15, -0.1) is 5.10 Å². The van der Waals surface area contributed by atoms with Crippen LogP contribution in [0, 0.1) is 0 Å². The highest BCUT2D eigenvalue weighted by molar-refractivity contribution is 5.40. The van der Waals surface area contributed by atoms with Gasteiger partial charge in [0, 0.05) is 7.11 Å². The zero-order chi connectivity index (χ0) is 13.5. The van der Waals surface area contributed by atoms with Gasteiger partial charge in [-0.1, -0.05) is 23.4 Å². The van der Waals surface area contributed by atoms with Crippen molar-refractivity contribution in [3.63, 3.8) is 0 Å². The van der Waals surface area contributed by atoms with Crippen molar-refractivity contribution in [3.8, 4) is 5.69 Å². The summed E-state index contributed by atoms with van der Waals surface area (Å²) in [4.78, 5) is 0. The minimum atomic E-state index is 0.678. The third-order valence-corrected chi connectivity index (χ3v) is 2.99. The van der Waals surface area contributed by atoms with E-state index in [1.807, 2.05) is 29.1 Å². The van der Waals surface area contributed by atoms with E-state index in [0.29, 0.717) is 13.2 Å². The molecular weight excluding hydrogens is 240 g/mol. The molecular formula is C14H20N4O. The largest absolute Gasteiger partial charge is 0.384 e. The molecule has 2 N–H and O–H groups in total. The average molecular weight is 260 g/mol. The van der Waals surface area contributed by atoms with E-state index in [1.54, 1.807) is 7.11 Å². The fourth-order valence-electron chi connectivity index (χ4n) is 1.97. The maximum absolute atomic E-state index is 5.50. The standard InChI is InChI=1S/C14H20N4O/c1-19-10-8-12-5-2-3-7-14(12)18-11-13(16-17-18)6-4-9-15/h2-3,5,7,11H,4,6,8-10,15H2,1H3. The molecule has 0 aliphatic heterocycles. The molecule has 0 bridgehead atoms. The zero-order valence-corrected chi connectivity index (χ0v) is 11.2. The number of hydrogen-bond acceptors (Lipinski definition) is 4. The number of aryl methyl sites for hydroxylation is 1. The summed E-state index contributed by atoms with van der Waals surface area (Å²) in [6.07, 6.45) is 4.65. The lowest BCUT2D eigenvalue weighted by Gasteiger charge is -2.07. The Morgan fingerprint density at radius 2 is 2.11 bits per heavy atom. The van der Waals surface area contributed by atoms with Crippen LogP contribution in [-0.4, -0.2) is 35.3 Å². The molecule has 0 aliphatic rings. The van der Waals surface area contributed by atoms with E-state index < -0.39 is 0 Å². The first-order valence-electron chi connectivity index (χ1n) is 6.53. The van der Waals surface area contributed by atoms with Crippen molar-refractivity contribution >= 4 is 0 Å². The summed E-state index contributed by atoms with van der Waals surface area (Å²) in [7, 11) is 1.71. The molecule has 102 valence electrons. The Labute approximate surface area is 113 Å². The van der Waals surface area contributed by atoms with E-state index >= 15 is 0 Å². The summed E-state index contributed by atoms with van der Waals surface area (Å²) in [6, 6.07) is 8.18. The molecule has 0 amide bonds. The second-order valence-corrected chi connectivity index (χ2v) is 4.42. The molecule has 1 aromatic carbocycles. The molecule has 0 saturated carbocycles. The summed E-state index contributed by atoms with van der Waals surface area (Å²) < 4.78 is 6.97. The predicted octanol–water partition coefficient (Wildman–Crippen LogP) is 1.35. The average Bonchev–Trinajstić information content (AvgIpc) is 2.92. The van der Waals surface area contributed by atoms with Crippen LogP contribution in [0.5, 0.6) is 0 Å². The molecule has 19 heavy (non-hydrogen) atoms. The van der Waals surface area contributed by atoms with E-state index in [2.05, 4.69) is 16.4 Å². The van der Waals surface area contributed by atoms with Gasteiger partial charge in [-0.3, -0.25) is 0 Å². The number of para-hydroxylation sites is 1. The third kappa shape index (κ3) is 3.62. The van der Waals surface area contributed by atoms with E-state index in [-0.39, 0.29) is 0 Å². The quantitative estimate of drug-likeness (QED) is 0.816. The van der Waals surface area contributed by atoms with Crippen LogP contribution in [-0.2, 0) is 17.6 Å². The first-order valence-corrected chi connectivity index (χ1v) is 6.53. The second kappa shape index (κ2) is 7.01. The van der Waals surface area contributed by atoms with Crippen LogP contribution in [0.1, 0.15) is 17.7 Å². The molecule has 0 fully saturated rings. The van der Waals surface area contributed by atoms with Crippen LogP contribution in [0.3, 0.4) is 0 Å². The second-order valence-electron chi connectivity index (χ2n) is 4.42. The van der Waals surface area contributed by atoms with Crippen molar-refractivity contribution in [3.05, 3.63) is 41.7 Å². The molecule has 1 aromatic heterocycles. The van der Waals surface area contributed by atoms with Gasteiger partial charge in [0.2, 0.25) is 0 Å². The molecule has 0 radical (unpaired) electrons. The van der Waals surface area contributed by atoms with E-state index in [4.69, 9.17) is 10.5 Å². The van der Waals surface area contributed by atoms with Crippen LogP contribution in [0.25, 0.3) is 5.69 Å². The van der Waals surface area contributed by atoms with E-state index in [1.165, 1.54) is 5.56 Å². The molecule has 5 nitrogen and oxygen atoms in total. The molecule has 0 unspecified atom stereocenters. The minimum Gasteiger partial charge on any atom is -0.384 e. The Morgan fingerprint density at radius 3 is 2.89 bits per heavy atom. The minimum absolute atomic E-state index is 0.678. The number of methoxy groups -OCH3 is 1. The van der Waals surface area contributed by atoms with Gasteiger partial charge in [0.05, 0.1) is 24.2 Å². The lowest BCUT2D eigenvalue weighted by molar-refractivity contribution is 0.202. The monoisotopic (exact) mass is 260 g/mol. The third-order valence-electron chi connectivity index (χ3n) is 2.99. The number of rotatable bonds is 7. The highest BCUT2D eigenvalue weighted by Gasteiger charge is 2.07. The maximum atomic E-state index is 5.50. The lowest BCUT2D eigenvalue weighted by Crippen LogP contribution is -2.03. The van der Waals surface area contributed by atoms with E-state index in [0.717, 1.165) is 30.6 Å². The van der Waals surface area contributed by atoms with Crippen LogP contribution in [0.2, 0.25) is 0 Å². The van der Waals surface area contributed by atoms with Gasteiger partial charge in [-0.2, -0.15) is 0 Å². The number of ether oxygens (including phenoxy) is 1.